The monoisotopic (exact) mass is 427 g/mol. The van der Waals surface area contributed by atoms with E-state index in [4.69, 9.17) is 11.6 Å². The van der Waals surface area contributed by atoms with Crippen LogP contribution in [0.25, 0.3) is 0 Å². The number of rotatable bonds is 4. The van der Waals surface area contributed by atoms with E-state index in [1.54, 1.807) is 16.9 Å². The van der Waals surface area contributed by atoms with Crippen molar-refractivity contribution in [2.45, 2.75) is 6.54 Å². The van der Waals surface area contributed by atoms with Gasteiger partial charge in [-0.2, -0.15) is 10.2 Å². The molecule has 8 heteroatoms. The lowest BCUT2D eigenvalue weighted by molar-refractivity contribution is 0.102. The van der Waals surface area contributed by atoms with Crippen LogP contribution in [-0.4, -0.2) is 25.9 Å². The molecular weight excluding hydrogens is 417 g/mol. The van der Waals surface area contributed by atoms with E-state index in [9.17, 15) is 4.79 Å². The minimum Gasteiger partial charge on any atom is -0.304 e. The number of aromatic amines is 1. The van der Waals surface area contributed by atoms with E-state index < -0.39 is 0 Å². The number of halogens is 2. The summed E-state index contributed by atoms with van der Waals surface area (Å²) in [5, 5.41) is 14.2. The molecule has 0 radical (unpaired) electrons. The van der Waals surface area contributed by atoms with Gasteiger partial charge in [0.1, 0.15) is 5.69 Å². The summed E-state index contributed by atoms with van der Waals surface area (Å²) in [7, 11) is 0. The quantitative estimate of drug-likeness (QED) is 0.628. The Morgan fingerprint density at radius 1 is 1.32 bits per heavy atom. The zero-order valence-corrected chi connectivity index (χ0v) is 14.2. The second-order valence-corrected chi connectivity index (χ2v) is 6.17. The molecule has 0 unspecified atom stereocenters. The van der Waals surface area contributed by atoms with Gasteiger partial charge in [0.15, 0.2) is 5.82 Å². The van der Waals surface area contributed by atoms with E-state index in [2.05, 4.69) is 20.6 Å². The largest absolute Gasteiger partial charge is 0.304 e. The number of carbonyl (C=O) groups excluding carboxylic acids is 1. The highest BCUT2D eigenvalue weighted by atomic mass is 127. The SMILES string of the molecule is O=C(Nc1ccn(Cc2ccc(Cl)cc2)n1)c1[nH]ncc1I. The molecule has 0 saturated heterocycles. The Balaban J connectivity index is 1.67. The second-order valence-electron chi connectivity index (χ2n) is 4.57. The van der Waals surface area contributed by atoms with Gasteiger partial charge in [-0.05, 0) is 40.3 Å². The van der Waals surface area contributed by atoms with Crippen LogP contribution in [0.2, 0.25) is 5.02 Å². The number of aromatic nitrogens is 4. The molecule has 6 nitrogen and oxygen atoms in total. The molecule has 0 aliphatic rings. The van der Waals surface area contributed by atoms with Crippen LogP contribution < -0.4 is 5.32 Å². The van der Waals surface area contributed by atoms with Gasteiger partial charge in [-0.1, -0.05) is 23.7 Å². The summed E-state index contributed by atoms with van der Waals surface area (Å²) in [6.45, 7) is 0.606. The van der Waals surface area contributed by atoms with Crippen LogP contribution in [0.5, 0.6) is 0 Å². The second kappa shape index (κ2) is 6.49. The summed E-state index contributed by atoms with van der Waals surface area (Å²) in [4.78, 5) is 12.0. The number of benzene rings is 1. The molecule has 1 amide bonds. The first-order valence-electron chi connectivity index (χ1n) is 6.40. The summed E-state index contributed by atoms with van der Waals surface area (Å²) in [6.07, 6.45) is 3.40. The summed E-state index contributed by atoms with van der Waals surface area (Å²) in [5.74, 6) is 0.225. The van der Waals surface area contributed by atoms with Crippen LogP contribution in [0.3, 0.4) is 0 Å². The molecule has 2 aromatic heterocycles. The van der Waals surface area contributed by atoms with Crippen LogP contribution >= 0.6 is 34.2 Å². The number of carbonyl (C=O) groups is 1. The van der Waals surface area contributed by atoms with Gasteiger partial charge in [0.05, 0.1) is 16.3 Å². The average molecular weight is 428 g/mol. The third kappa shape index (κ3) is 3.47. The van der Waals surface area contributed by atoms with E-state index in [-0.39, 0.29) is 5.91 Å². The van der Waals surface area contributed by atoms with Gasteiger partial charge < -0.3 is 5.32 Å². The van der Waals surface area contributed by atoms with Crippen LogP contribution in [0.4, 0.5) is 5.82 Å². The molecule has 2 N–H and O–H groups in total. The molecule has 22 heavy (non-hydrogen) atoms. The smallest absolute Gasteiger partial charge is 0.275 e. The fraction of sp³-hybridized carbons (Fsp3) is 0.0714. The number of anilines is 1. The summed E-state index contributed by atoms with van der Waals surface area (Å²) >= 11 is 7.90. The van der Waals surface area contributed by atoms with Crippen LogP contribution in [0.15, 0.2) is 42.7 Å². The molecule has 3 aromatic rings. The van der Waals surface area contributed by atoms with Crippen molar-refractivity contribution in [3.63, 3.8) is 0 Å². The summed E-state index contributed by atoms with van der Waals surface area (Å²) < 4.78 is 2.51. The van der Waals surface area contributed by atoms with Gasteiger partial charge in [-0.3, -0.25) is 14.6 Å². The van der Waals surface area contributed by atoms with Crippen molar-refractivity contribution in [3.05, 3.63) is 62.6 Å². The molecular formula is C14H11ClIN5O. The van der Waals surface area contributed by atoms with Gasteiger partial charge in [0, 0.05) is 17.3 Å². The molecule has 0 aliphatic heterocycles. The van der Waals surface area contributed by atoms with Crippen molar-refractivity contribution in [3.8, 4) is 0 Å². The Morgan fingerprint density at radius 3 is 2.77 bits per heavy atom. The first-order chi connectivity index (χ1) is 10.6. The Bertz CT molecular complexity index is 796. The lowest BCUT2D eigenvalue weighted by Gasteiger charge is -2.03. The zero-order chi connectivity index (χ0) is 15.5. The van der Waals surface area contributed by atoms with Crippen LogP contribution in [0, 0.1) is 3.57 Å². The van der Waals surface area contributed by atoms with E-state index in [0.717, 1.165) is 9.13 Å². The minimum atomic E-state index is -0.265. The zero-order valence-electron chi connectivity index (χ0n) is 11.3. The number of hydrogen-bond donors (Lipinski definition) is 2. The molecule has 112 valence electrons. The highest BCUT2D eigenvalue weighted by Gasteiger charge is 2.13. The molecule has 0 aliphatic carbocycles. The highest BCUT2D eigenvalue weighted by Crippen LogP contribution is 2.13. The van der Waals surface area contributed by atoms with Gasteiger partial charge >= 0.3 is 0 Å². The third-order valence-corrected chi connectivity index (χ3v) is 4.03. The first-order valence-corrected chi connectivity index (χ1v) is 7.85. The van der Waals surface area contributed by atoms with Crippen molar-refractivity contribution < 1.29 is 4.79 Å². The maximum Gasteiger partial charge on any atom is 0.275 e. The topological polar surface area (TPSA) is 75.6 Å². The predicted molar refractivity (Wildman–Crippen MR) is 92.0 cm³/mol. The molecule has 3 rings (SSSR count). The van der Waals surface area contributed by atoms with Crippen molar-refractivity contribution in [2.75, 3.05) is 5.32 Å². The van der Waals surface area contributed by atoms with Crippen LogP contribution in [0.1, 0.15) is 16.1 Å². The number of nitrogens with one attached hydrogen (secondary N) is 2. The van der Waals surface area contributed by atoms with Crippen molar-refractivity contribution in [2.24, 2.45) is 0 Å². The predicted octanol–water partition coefficient (Wildman–Crippen LogP) is 3.16. The normalized spacial score (nSPS) is 10.6. The molecule has 0 atom stereocenters. The summed E-state index contributed by atoms with van der Waals surface area (Å²) in [6, 6.07) is 9.30. The standard InChI is InChI=1S/C14H11ClIN5O/c15-10-3-1-9(2-4-10)8-21-6-5-12(20-21)18-14(22)13-11(16)7-17-19-13/h1-7H,8H2,(H,17,19)(H,18,20,22). The van der Waals surface area contributed by atoms with E-state index in [0.29, 0.717) is 23.1 Å². The average Bonchev–Trinajstić information content (AvgIpc) is 3.10. The molecule has 2 heterocycles. The van der Waals surface area contributed by atoms with Gasteiger partial charge in [0.25, 0.3) is 5.91 Å². The Morgan fingerprint density at radius 2 is 2.09 bits per heavy atom. The maximum absolute atomic E-state index is 12.0. The third-order valence-electron chi connectivity index (χ3n) is 2.96. The van der Waals surface area contributed by atoms with E-state index in [1.807, 2.05) is 53.1 Å². The lowest BCUT2D eigenvalue weighted by atomic mass is 10.2. The fourth-order valence-electron chi connectivity index (χ4n) is 1.90. The van der Waals surface area contributed by atoms with Crippen molar-refractivity contribution in [1.82, 2.24) is 20.0 Å². The molecule has 0 bridgehead atoms. The fourth-order valence-corrected chi connectivity index (χ4v) is 2.53. The minimum absolute atomic E-state index is 0.265. The Hall–Kier alpha value is -1.87. The maximum atomic E-state index is 12.0. The van der Waals surface area contributed by atoms with Crippen LogP contribution in [-0.2, 0) is 6.54 Å². The van der Waals surface area contributed by atoms with Gasteiger partial charge in [-0.25, -0.2) is 0 Å². The molecule has 0 spiro atoms. The van der Waals surface area contributed by atoms with E-state index >= 15 is 0 Å². The number of H-pyrrole nitrogens is 1. The van der Waals surface area contributed by atoms with Gasteiger partial charge in [0.2, 0.25) is 0 Å². The van der Waals surface area contributed by atoms with Crippen molar-refractivity contribution >= 4 is 45.9 Å². The van der Waals surface area contributed by atoms with Crippen molar-refractivity contribution in [1.29, 1.82) is 0 Å². The molecule has 0 saturated carbocycles. The first kappa shape index (κ1) is 15.0. The number of amides is 1. The lowest BCUT2D eigenvalue weighted by Crippen LogP contribution is -2.14. The molecule has 0 fully saturated rings. The number of nitrogens with zero attached hydrogens (tertiary/aromatic N) is 3. The Kier molecular flexibility index (Phi) is 4.44. The van der Waals surface area contributed by atoms with E-state index in [1.165, 1.54) is 0 Å². The van der Waals surface area contributed by atoms with Gasteiger partial charge in [-0.15, -0.1) is 0 Å². The number of hydrogen-bond acceptors (Lipinski definition) is 3. The summed E-state index contributed by atoms with van der Waals surface area (Å²) in [5.41, 5.74) is 1.50. The highest BCUT2D eigenvalue weighted by molar-refractivity contribution is 14.1. The Labute approximate surface area is 145 Å². The molecule has 1 aromatic carbocycles.